The molecule has 3 N–H and O–H groups in total. The van der Waals surface area contributed by atoms with E-state index in [1.54, 1.807) is 11.8 Å². The molecule has 0 aliphatic heterocycles. The van der Waals surface area contributed by atoms with E-state index in [4.69, 9.17) is 5.73 Å². The first kappa shape index (κ1) is 16.3. The molecule has 5 heteroatoms. The molecular formula is C12H24N2O2S. The van der Waals surface area contributed by atoms with Gasteiger partial charge in [0.25, 0.3) is 0 Å². The Kier molecular flexibility index (Phi) is 8.04. The van der Waals surface area contributed by atoms with E-state index in [0.29, 0.717) is 12.3 Å². The molecule has 0 saturated carbocycles. The van der Waals surface area contributed by atoms with Gasteiger partial charge in [0.1, 0.15) is 6.04 Å². The van der Waals surface area contributed by atoms with Gasteiger partial charge >= 0.3 is 0 Å². The van der Waals surface area contributed by atoms with Gasteiger partial charge in [0, 0.05) is 5.92 Å². The molecule has 0 aromatic carbocycles. The maximum absolute atomic E-state index is 11.8. The fraction of sp³-hybridized carbons (Fsp3) is 0.833. The lowest BCUT2D eigenvalue weighted by Crippen LogP contribution is -2.46. The average Bonchev–Trinajstić information content (AvgIpc) is 2.22. The maximum Gasteiger partial charge on any atom is 0.240 e. The standard InChI is InChI=1S/C12H24N2O2S/c1-8(2)7-9(3)12(16)14-10(11(13)15)5-6-17-4/h8-10H,5-7H2,1-4H3,(H2,13,15)(H,14,16). The van der Waals surface area contributed by atoms with Crippen LogP contribution in [0.3, 0.4) is 0 Å². The van der Waals surface area contributed by atoms with Crippen LogP contribution in [0, 0.1) is 11.8 Å². The molecule has 0 aliphatic carbocycles. The Balaban J connectivity index is 4.24. The zero-order valence-electron chi connectivity index (χ0n) is 11.2. The highest BCUT2D eigenvalue weighted by Gasteiger charge is 2.21. The lowest BCUT2D eigenvalue weighted by Gasteiger charge is -2.19. The summed E-state index contributed by atoms with van der Waals surface area (Å²) in [5.41, 5.74) is 5.26. The van der Waals surface area contributed by atoms with Gasteiger partial charge in [0.15, 0.2) is 0 Å². The van der Waals surface area contributed by atoms with Crippen molar-refractivity contribution in [3.8, 4) is 0 Å². The molecule has 0 spiro atoms. The Labute approximate surface area is 108 Å². The average molecular weight is 260 g/mol. The van der Waals surface area contributed by atoms with Crippen molar-refractivity contribution in [2.24, 2.45) is 17.6 Å². The minimum absolute atomic E-state index is 0.0777. The van der Waals surface area contributed by atoms with Crippen LogP contribution in [-0.4, -0.2) is 29.9 Å². The topological polar surface area (TPSA) is 72.2 Å². The van der Waals surface area contributed by atoms with Crippen LogP contribution in [0.2, 0.25) is 0 Å². The normalized spacial score (nSPS) is 14.4. The van der Waals surface area contributed by atoms with Crippen molar-refractivity contribution in [2.45, 2.75) is 39.7 Å². The van der Waals surface area contributed by atoms with E-state index in [0.717, 1.165) is 12.2 Å². The number of primary amides is 1. The predicted molar refractivity (Wildman–Crippen MR) is 72.7 cm³/mol. The van der Waals surface area contributed by atoms with E-state index in [1.165, 1.54) is 0 Å². The molecule has 0 radical (unpaired) electrons. The summed E-state index contributed by atoms with van der Waals surface area (Å²) in [6, 6.07) is -0.537. The summed E-state index contributed by atoms with van der Waals surface area (Å²) in [5, 5.41) is 2.73. The molecule has 100 valence electrons. The van der Waals surface area contributed by atoms with Gasteiger partial charge in [-0.05, 0) is 30.8 Å². The number of hydrogen-bond donors (Lipinski definition) is 2. The van der Waals surface area contributed by atoms with Crippen molar-refractivity contribution in [3.63, 3.8) is 0 Å². The van der Waals surface area contributed by atoms with E-state index in [1.807, 2.05) is 13.2 Å². The van der Waals surface area contributed by atoms with Crippen LogP contribution in [0.1, 0.15) is 33.6 Å². The number of carbonyl (C=O) groups is 2. The second-order valence-electron chi connectivity index (χ2n) is 4.78. The summed E-state index contributed by atoms with van der Waals surface area (Å²) in [4.78, 5) is 23.0. The molecule has 4 nitrogen and oxygen atoms in total. The SMILES string of the molecule is CSCCC(NC(=O)C(C)CC(C)C)C(N)=O. The van der Waals surface area contributed by atoms with Crippen LogP contribution < -0.4 is 11.1 Å². The Morgan fingerprint density at radius 1 is 1.29 bits per heavy atom. The van der Waals surface area contributed by atoms with Gasteiger partial charge in [0.2, 0.25) is 11.8 Å². The highest BCUT2D eigenvalue weighted by Crippen LogP contribution is 2.11. The third-order valence-corrected chi connectivity index (χ3v) is 3.19. The summed E-state index contributed by atoms with van der Waals surface area (Å²) < 4.78 is 0. The highest BCUT2D eigenvalue weighted by atomic mass is 32.2. The number of nitrogens with one attached hydrogen (secondary N) is 1. The Hall–Kier alpha value is -0.710. The minimum Gasteiger partial charge on any atom is -0.368 e. The summed E-state index contributed by atoms with van der Waals surface area (Å²) in [6.07, 6.45) is 3.37. The van der Waals surface area contributed by atoms with Crippen molar-refractivity contribution in [1.82, 2.24) is 5.32 Å². The van der Waals surface area contributed by atoms with Crippen molar-refractivity contribution in [3.05, 3.63) is 0 Å². The van der Waals surface area contributed by atoms with Crippen LogP contribution in [0.15, 0.2) is 0 Å². The molecular weight excluding hydrogens is 236 g/mol. The summed E-state index contributed by atoms with van der Waals surface area (Å²) >= 11 is 1.63. The molecule has 17 heavy (non-hydrogen) atoms. The number of nitrogens with two attached hydrogens (primary N) is 1. The van der Waals surface area contributed by atoms with Gasteiger partial charge in [-0.3, -0.25) is 9.59 Å². The van der Waals surface area contributed by atoms with E-state index in [2.05, 4.69) is 19.2 Å². The molecule has 0 fully saturated rings. The molecule has 0 saturated heterocycles. The summed E-state index contributed by atoms with van der Waals surface area (Å²) in [7, 11) is 0. The number of rotatable bonds is 8. The maximum atomic E-state index is 11.8. The zero-order chi connectivity index (χ0) is 13.4. The van der Waals surface area contributed by atoms with Gasteiger partial charge in [-0.1, -0.05) is 20.8 Å². The third-order valence-electron chi connectivity index (χ3n) is 2.54. The van der Waals surface area contributed by atoms with Crippen molar-refractivity contribution in [2.75, 3.05) is 12.0 Å². The van der Waals surface area contributed by atoms with E-state index in [-0.39, 0.29) is 11.8 Å². The van der Waals surface area contributed by atoms with Crippen molar-refractivity contribution < 1.29 is 9.59 Å². The Bertz CT molecular complexity index is 257. The van der Waals surface area contributed by atoms with E-state index >= 15 is 0 Å². The van der Waals surface area contributed by atoms with Gasteiger partial charge < -0.3 is 11.1 Å². The number of amides is 2. The van der Waals surface area contributed by atoms with Gasteiger partial charge in [0.05, 0.1) is 0 Å². The molecule has 0 aliphatic rings. The minimum atomic E-state index is -0.537. The van der Waals surface area contributed by atoms with Gasteiger partial charge in [-0.2, -0.15) is 11.8 Å². The van der Waals surface area contributed by atoms with Crippen LogP contribution >= 0.6 is 11.8 Å². The van der Waals surface area contributed by atoms with Crippen LogP contribution in [0.25, 0.3) is 0 Å². The number of thioether (sulfide) groups is 1. The molecule has 2 unspecified atom stereocenters. The fourth-order valence-electron chi connectivity index (χ4n) is 1.65. The molecule has 0 rings (SSSR count). The third kappa shape index (κ3) is 7.26. The monoisotopic (exact) mass is 260 g/mol. The first-order chi connectivity index (χ1) is 7.88. The predicted octanol–water partition coefficient (Wildman–Crippen LogP) is 1.39. The zero-order valence-corrected chi connectivity index (χ0v) is 12.0. The lowest BCUT2D eigenvalue weighted by atomic mass is 9.98. The van der Waals surface area contributed by atoms with Crippen LogP contribution in [0.5, 0.6) is 0 Å². The Morgan fingerprint density at radius 3 is 2.29 bits per heavy atom. The Morgan fingerprint density at radius 2 is 1.88 bits per heavy atom. The van der Waals surface area contributed by atoms with E-state index < -0.39 is 11.9 Å². The first-order valence-corrected chi connectivity index (χ1v) is 7.36. The molecule has 0 aromatic heterocycles. The van der Waals surface area contributed by atoms with Crippen molar-refractivity contribution >= 4 is 23.6 Å². The van der Waals surface area contributed by atoms with Crippen molar-refractivity contribution in [1.29, 1.82) is 0 Å². The largest absolute Gasteiger partial charge is 0.368 e. The molecule has 0 bridgehead atoms. The first-order valence-electron chi connectivity index (χ1n) is 5.97. The van der Waals surface area contributed by atoms with Gasteiger partial charge in [-0.25, -0.2) is 0 Å². The number of carbonyl (C=O) groups excluding carboxylic acids is 2. The van der Waals surface area contributed by atoms with Gasteiger partial charge in [-0.15, -0.1) is 0 Å². The molecule has 0 aromatic rings. The highest BCUT2D eigenvalue weighted by molar-refractivity contribution is 7.98. The fourth-order valence-corrected chi connectivity index (χ4v) is 2.12. The lowest BCUT2D eigenvalue weighted by molar-refractivity contribution is -0.129. The number of hydrogen-bond acceptors (Lipinski definition) is 3. The molecule has 2 atom stereocenters. The summed E-state index contributed by atoms with van der Waals surface area (Å²) in [5.74, 6) is 0.666. The summed E-state index contributed by atoms with van der Waals surface area (Å²) in [6.45, 7) is 6.02. The molecule has 0 heterocycles. The molecule has 2 amide bonds. The quantitative estimate of drug-likeness (QED) is 0.693. The second kappa shape index (κ2) is 8.39. The van der Waals surface area contributed by atoms with Crippen LogP contribution in [-0.2, 0) is 9.59 Å². The second-order valence-corrected chi connectivity index (χ2v) is 5.76. The smallest absolute Gasteiger partial charge is 0.240 e. The van der Waals surface area contributed by atoms with Crippen LogP contribution in [0.4, 0.5) is 0 Å². The van der Waals surface area contributed by atoms with E-state index in [9.17, 15) is 9.59 Å².